The fraction of sp³-hybridized carbons (Fsp3) is 0.682. The standard InChI is InChI=1S/C22H32N2O4S/c1-16-3-6-21(15-17(16)2)29(26,27)23-11-7-19(8-12-23)24(22(25)18-4-5-18)20-9-13-28-14-10-20/h3,6,15,18-20H,4-5,7-14H2,1-2H3. The minimum atomic E-state index is -3.49. The molecule has 1 aromatic rings. The Balaban J connectivity index is 1.46. The molecule has 1 aliphatic carbocycles. The van der Waals surface area contributed by atoms with Crippen LogP contribution in [-0.4, -0.2) is 61.9 Å². The Bertz CT molecular complexity index is 852. The van der Waals surface area contributed by atoms with Gasteiger partial charge in [0.1, 0.15) is 0 Å². The summed E-state index contributed by atoms with van der Waals surface area (Å²) < 4.78 is 33.3. The summed E-state index contributed by atoms with van der Waals surface area (Å²) in [6.07, 6.45) is 5.19. The molecular formula is C22H32N2O4S. The summed E-state index contributed by atoms with van der Waals surface area (Å²) in [6, 6.07) is 5.72. The molecule has 3 aliphatic rings. The highest BCUT2D eigenvalue weighted by atomic mass is 32.2. The monoisotopic (exact) mass is 420 g/mol. The zero-order valence-electron chi connectivity index (χ0n) is 17.5. The van der Waals surface area contributed by atoms with Crippen LogP contribution in [0, 0.1) is 19.8 Å². The number of hydrogen-bond donors (Lipinski definition) is 0. The first kappa shape index (κ1) is 20.8. The van der Waals surface area contributed by atoms with Crippen LogP contribution in [0.2, 0.25) is 0 Å². The van der Waals surface area contributed by atoms with Gasteiger partial charge in [0.15, 0.2) is 0 Å². The molecule has 2 heterocycles. The predicted octanol–water partition coefficient (Wildman–Crippen LogP) is 2.87. The molecule has 4 rings (SSSR count). The van der Waals surface area contributed by atoms with Gasteiger partial charge in [0, 0.05) is 44.3 Å². The number of benzene rings is 1. The Kier molecular flexibility index (Phi) is 6.00. The minimum Gasteiger partial charge on any atom is -0.381 e. The van der Waals surface area contributed by atoms with Crippen LogP contribution in [0.5, 0.6) is 0 Å². The molecule has 2 aliphatic heterocycles. The maximum absolute atomic E-state index is 13.1. The molecule has 1 amide bonds. The van der Waals surface area contributed by atoms with Crippen molar-refractivity contribution in [1.82, 2.24) is 9.21 Å². The molecular weight excluding hydrogens is 388 g/mol. The second-order valence-corrected chi connectivity index (χ2v) is 10.7. The first-order valence-electron chi connectivity index (χ1n) is 10.9. The fourth-order valence-electron chi connectivity index (χ4n) is 4.55. The van der Waals surface area contributed by atoms with Gasteiger partial charge in [-0.25, -0.2) is 8.42 Å². The first-order chi connectivity index (χ1) is 13.9. The van der Waals surface area contributed by atoms with E-state index in [0.29, 0.717) is 44.0 Å². The molecule has 6 nitrogen and oxygen atoms in total. The maximum atomic E-state index is 13.1. The number of carbonyl (C=O) groups is 1. The van der Waals surface area contributed by atoms with Crippen LogP contribution in [0.15, 0.2) is 23.1 Å². The van der Waals surface area contributed by atoms with Crippen molar-refractivity contribution in [2.24, 2.45) is 5.92 Å². The lowest BCUT2D eigenvalue weighted by molar-refractivity contribution is -0.141. The first-order valence-corrected chi connectivity index (χ1v) is 12.3. The van der Waals surface area contributed by atoms with E-state index in [-0.39, 0.29) is 23.9 Å². The SMILES string of the molecule is Cc1ccc(S(=O)(=O)N2CCC(N(C(=O)C3CC3)C3CCOCC3)CC2)cc1C. The number of carbonyl (C=O) groups excluding carboxylic acids is 1. The van der Waals surface area contributed by atoms with E-state index >= 15 is 0 Å². The fourth-order valence-corrected chi connectivity index (χ4v) is 6.10. The molecule has 3 fully saturated rings. The zero-order chi connectivity index (χ0) is 20.6. The van der Waals surface area contributed by atoms with Crippen LogP contribution >= 0.6 is 0 Å². The van der Waals surface area contributed by atoms with E-state index in [2.05, 4.69) is 4.90 Å². The third kappa shape index (κ3) is 4.37. The maximum Gasteiger partial charge on any atom is 0.243 e. The third-order valence-corrected chi connectivity index (χ3v) is 8.59. The van der Waals surface area contributed by atoms with Crippen LogP contribution in [0.25, 0.3) is 0 Å². The number of amides is 1. The predicted molar refractivity (Wildman–Crippen MR) is 111 cm³/mol. The molecule has 29 heavy (non-hydrogen) atoms. The number of ether oxygens (including phenoxy) is 1. The number of nitrogens with zero attached hydrogens (tertiary/aromatic N) is 2. The molecule has 1 saturated carbocycles. The lowest BCUT2D eigenvalue weighted by Gasteiger charge is -2.43. The topological polar surface area (TPSA) is 66.9 Å². The molecule has 1 aromatic carbocycles. The number of hydrogen-bond acceptors (Lipinski definition) is 4. The molecule has 0 atom stereocenters. The Labute approximate surface area is 174 Å². The Morgan fingerprint density at radius 2 is 1.59 bits per heavy atom. The van der Waals surface area contributed by atoms with Gasteiger partial charge in [0.05, 0.1) is 4.90 Å². The van der Waals surface area contributed by atoms with Crippen molar-refractivity contribution in [2.45, 2.75) is 69.4 Å². The number of sulfonamides is 1. The molecule has 160 valence electrons. The van der Waals surface area contributed by atoms with E-state index in [1.807, 2.05) is 19.9 Å². The van der Waals surface area contributed by atoms with Crippen LogP contribution in [0.1, 0.15) is 49.7 Å². The highest BCUT2D eigenvalue weighted by Gasteiger charge is 2.41. The van der Waals surface area contributed by atoms with Crippen molar-refractivity contribution in [3.63, 3.8) is 0 Å². The van der Waals surface area contributed by atoms with E-state index in [4.69, 9.17) is 4.74 Å². The molecule has 7 heteroatoms. The molecule has 0 radical (unpaired) electrons. The van der Waals surface area contributed by atoms with Gasteiger partial charge in [-0.2, -0.15) is 4.31 Å². The van der Waals surface area contributed by atoms with Gasteiger partial charge in [-0.1, -0.05) is 6.07 Å². The normalized spacial score (nSPS) is 22.6. The van der Waals surface area contributed by atoms with Crippen molar-refractivity contribution in [2.75, 3.05) is 26.3 Å². The zero-order valence-corrected chi connectivity index (χ0v) is 18.3. The summed E-state index contributed by atoms with van der Waals surface area (Å²) in [5, 5.41) is 0. The molecule has 0 N–H and O–H groups in total. The van der Waals surface area contributed by atoms with Crippen LogP contribution in [0.3, 0.4) is 0 Å². The summed E-state index contributed by atoms with van der Waals surface area (Å²) in [5.41, 5.74) is 2.08. The Morgan fingerprint density at radius 3 is 2.17 bits per heavy atom. The molecule has 0 spiro atoms. The second kappa shape index (κ2) is 8.36. The smallest absolute Gasteiger partial charge is 0.243 e. The van der Waals surface area contributed by atoms with E-state index in [1.165, 1.54) is 0 Å². The van der Waals surface area contributed by atoms with Crippen molar-refractivity contribution in [3.8, 4) is 0 Å². The average molecular weight is 421 g/mol. The average Bonchev–Trinajstić information content (AvgIpc) is 3.57. The van der Waals surface area contributed by atoms with Crippen molar-refractivity contribution < 1.29 is 17.9 Å². The Hall–Kier alpha value is -1.44. The van der Waals surface area contributed by atoms with Gasteiger partial charge in [-0.3, -0.25) is 4.79 Å². The van der Waals surface area contributed by atoms with E-state index in [0.717, 1.165) is 36.8 Å². The summed E-state index contributed by atoms with van der Waals surface area (Å²) in [4.78, 5) is 15.5. The van der Waals surface area contributed by atoms with Crippen molar-refractivity contribution >= 4 is 15.9 Å². The van der Waals surface area contributed by atoms with Gasteiger partial charge < -0.3 is 9.64 Å². The second-order valence-electron chi connectivity index (χ2n) is 8.74. The third-order valence-electron chi connectivity index (χ3n) is 6.70. The van der Waals surface area contributed by atoms with Gasteiger partial charge in [-0.15, -0.1) is 0 Å². The summed E-state index contributed by atoms with van der Waals surface area (Å²) in [6.45, 7) is 6.28. The molecule has 0 aromatic heterocycles. The van der Waals surface area contributed by atoms with Crippen molar-refractivity contribution in [1.29, 1.82) is 0 Å². The number of aryl methyl sites for hydroxylation is 2. The van der Waals surface area contributed by atoms with Gasteiger partial charge >= 0.3 is 0 Å². The van der Waals surface area contributed by atoms with E-state index < -0.39 is 10.0 Å². The highest BCUT2D eigenvalue weighted by molar-refractivity contribution is 7.89. The summed E-state index contributed by atoms with van der Waals surface area (Å²) >= 11 is 0. The van der Waals surface area contributed by atoms with Gasteiger partial charge in [0.2, 0.25) is 15.9 Å². The quantitative estimate of drug-likeness (QED) is 0.735. The van der Waals surface area contributed by atoms with Crippen LogP contribution in [0.4, 0.5) is 0 Å². The highest BCUT2D eigenvalue weighted by Crippen LogP contribution is 2.35. The minimum absolute atomic E-state index is 0.136. The number of rotatable bonds is 5. The van der Waals surface area contributed by atoms with E-state index in [9.17, 15) is 13.2 Å². The lowest BCUT2D eigenvalue weighted by Crippen LogP contribution is -2.54. The number of piperidine rings is 1. The molecule has 0 unspecified atom stereocenters. The molecule has 2 saturated heterocycles. The Morgan fingerprint density at radius 1 is 0.966 bits per heavy atom. The van der Waals surface area contributed by atoms with E-state index in [1.54, 1.807) is 16.4 Å². The van der Waals surface area contributed by atoms with Crippen molar-refractivity contribution in [3.05, 3.63) is 29.3 Å². The molecule has 0 bridgehead atoms. The largest absolute Gasteiger partial charge is 0.381 e. The van der Waals surface area contributed by atoms with Gasteiger partial charge in [-0.05, 0) is 75.6 Å². The summed E-state index contributed by atoms with van der Waals surface area (Å²) in [7, 11) is -3.49. The van der Waals surface area contributed by atoms with Crippen LogP contribution < -0.4 is 0 Å². The van der Waals surface area contributed by atoms with Gasteiger partial charge in [0.25, 0.3) is 0 Å². The van der Waals surface area contributed by atoms with Crippen LogP contribution in [-0.2, 0) is 19.6 Å². The summed E-state index contributed by atoms with van der Waals surface area (Å²) in [5.74, 6) is 0.475. The lowest BCUT2D eigenvalue weighted by atomic mass is 9.98.